The summed E-state index contributed by atoms with van der Waals surface area (Å²) in [5.41, 5.74) is 0.956. The number of ketones is 2. The van der Waals surface area contributed by atoms with E-state index in [2.05, 4.69) is 10.6 Å². The van der Waals surface area contributed by atoms with E-state index in [4.69, 9.17) is 0 Å². The molecule has 0 spiro atoms. The molecule has 164 valence electrons. The zero-order valence-corrected chi connectivity index (χ0v) is 18.5. The van der Waals surface area contributed by atoms with E-state index in [9.17, 15) is 19.2 Å². The SMILES string of the molecule is Cc1ccc(C(=O)CCC(=O)CCC(=O)NC(Cc2ccccc2)C(=O)NC2CC2)s1. The Morgan fingerprint density at radius 1 is 0.968 bits per heavy atom. The van der Waals surface area contributed by atoms with Crippen LogP contribution in [0, 0.1) is 6.92 Å². The van der Waals surface area contributed by atoms with Gasteiger partial charge in [0, 0.05) is 43.0 Å². The fourth-order valence-corrected chi connectivity index (χ4v) is 4.03. The van der Waals surface area contributed by atoms with E-state index in [0.717, 1.165) is 23.3 Å². The monoisotopic (exact) mass is 440 g/mol. The van der Waals surface area contributed by atoms with Gasteiger partial charge >= 0.3 is 0 Å². The van der Waals surface area contributed by atoms with Gasteiger partial charge in [-0.2, -0.15) is 0 Å². The smallest absolute Gasteiger partial charge is 0.243 e. The van der Waals surface area contributed by atoms with E-state index in [1.165, 1.54) is 11.3 Å². The lowest BCUT2D eigenvalue weighted by molar-refractivity contribution is -0.130. The standard InChI is InChI=1S/C24H28N2O4S/c1-16-7-13-22(31-16)21(28)12-10-19(27)11-14-23(29)26-20(24(30)25-18-8-9-18)15-17-5-3-2-4-6-17/h2-7,13,18,20H,8-12,14-15H2,1H3,(H,25,30)(H,26,29). The number of carbonyl (C=O) groups is 4. The number of Topliss-reactive ketones (excluding diaryl/α,β-unsaturated/α-hetero) is 2. The number of hydrogen-bond donors (Lipinski definition) is 2. The molecular formula is C24H28N2O4S. The molecule has 3 rings (SSSR count). The highest BCUT2D eigenvalue weighted by molar-refractivity contribution is 7.14. The number of rotatable bonds is 12. The Hall–Kier alpha value is -2.80. The molecule has 0 bridgehead atoms. The molecule has 1 saturated carbocycles. The van der Waals surface area contributed by atoms with E-state index in [-0.39, 0.29) is 55.1 Å². The van der Waals surface area contributed by atoms with E-state index in [1.54, 1.807) is 6.07 Å². The van der Waals surface area contributed by atoms with Gasteiger partial charge in [0.15, 0.2) is 5.78 Å². The minimum atomic E-state index is -0.672. The van der Waals surface area contributed by atoms with Crippen LogP contribution < -0.4 is 10.6 Å². The third-order valence-corrected chi connectivity index (χ3v) is 6.18. The molecule has 7 heteroatoms. The maximum Gasteiger partial charge on any atom is 0.243 e. The van der Waals surface area contributed by atoms with Crippen LogP contribution in [0.25, 0.3) is 0 Å². The van der Waals surface area contributed by atoms with Gasteiger partial charge in [0.1, 0.15) is 11.8 Å². The van der Waals surface area contributed by atoms with Gasteiger partial charge in [0.25, 0.3) is 0 Å². The van der Waals surface area contributed by atoms with Gasteiger partial charge < -0.3 is 10.6 Å². The number of aryl methyl sites for hydroxylation is 1. The summed E-state index contributed by atoms with van der Waals surface area (Å²) in [5.74, 6) is -0.697. The van der Waals surface area contributed by atoms with Crippen molar-refractivity contribution < 1.29 is 19.2 Å². The number of hydrogen-bond acceptors (Lipinski definition) is 5. The summed E-state index contributed by atoms with van der Waals surface area (Å²) in [6, 6.07) is 12.7. The Labute approximate surface area is 186 Å². The van der Waals surface area contributed by atoms with Crippen molar-refractivity contribution in [1.82, 2.24) is 10.6 Å². The summed E-state index contributed by atoms with van der Waals surface area (Å²) in [5, 5.41) is 5.72. The lowest BCUT2D eigenvalue weighted by Crippen LogP contribution is -2.48. The fourth-order valence-electron chi connectivity index (χ4n) is 3.19. The molecule has 0 aliphatic heterocycles. The molecule has 1 aromatic heterocycles. The summed E-state index contributed by atoms with van der Waals surface area (Å²) < 4.78 is 0. The van der Waals surface area contributed by atoms with E-state index in [0.29, 0.717) is 11.3 Å². The molecule has 0 saturated heterocycles. The van der Waals surface area contributed by atoms with Crippen molar-refractivity contribution in [2.24, 2.45) is 0 Å². The third-order valence-electron chi connectivity index (χ3n) is 5.14. The minimum absolute atomic E-state index is 0.00708. The van der Waals surface area contributed by atoms with Crippen molar-refractivity contribution in [3.05, 3.63) is 57.8 Å². The van der Waals surface area contributed by atoms with E-state index < -0.39 is 6.04 Å². The van der Waals surface area contributed by atoms with Gasteiger partial charge in [0.2, 0.25) is 11.8 Å². The Bertz CT molecular complexity index is 934. The Morgan fingerprint density at radius 2 is 1.68 bits per heavy atom. The summed E-state index contributed by atoms with van der Waals surface area (Å²) >= 11 is 1.42. The van der Waals surface area contributed by atoms with Crippen LogP contribution in [0.3, 0.4) is 0 Å². The summed E-state index contributed by atoms with van der Waals surface area (Å²) in [6.07, 6.45) is 2.68. The fraction of sp³-hybridized carbons (Fsp3) is 0.417. The molecular weight excluding hydrogens is 412 g/mol. The second-order valence-electron chi connectivity index (χ2n) is 7.96. The lowest BCUT2D eigenvalue weighted by Gasteiger charge is -2.18. The lowest BCUT2D eigenvalue weighted by atomic mass is 10.0. The second kappa shape index (κ2) is 11.0. The van der Waals surface area contributed by atoms with Crippen molar-refractivity contribution in [1.29, 1.82) is 0 Å². The number of thiophene rings is 1. The normalized spacial score (nSPS) is 14.0. The number of carbonyl (C=O) groups excluding carboxylic acids is 4. The zero-order chi connectivity index (χ0) is 22.2. The maximum absolute atomic E-state index is 12.6. The second-order valence-corrected chi connectivity index (χ2v) is 9.25. The van der Waals surface area contributed by atoms with Crippen molar-refractivity contribution >= 4 is 34.7 Å². The maximum atomic E-state index is 12.6. The molecule has 1 fully saturated rings. The molecule has 1 aromatic carbocycles. The van der Waals surface area contributed by atoms with Gasteiger partial charge in [0.05, 0.1) is 4.88 Å². The molecule has 6 nitrogen and oxygen atoms in total. The van der Waals surface area contributed by atoms with Crippen molar-refractivity contribution in [3.63, 3.8) is 0 Å². The number of nitrogens with one attached hydrogen (secondary N) is 2. The Balaban J connectivity index is 1.45. The first-order chi connectivity index (χ1) is 14.9. The van der Waals surface area contributed by atoms with Gasteiger partial charge in [-0.05, 0) is 37.5 Å². The van der Waals surface area contributed by atoms with Crippen molar-refractivity contribution in [3.8, 4) is 0 Å². The average molecular weight is 441 g/mol. The molecule has 1 unspecified atom stereocenters. The molecule has 1 atom stereocenters. The van der Waals surface area contributed by atoms with Gasteiger partial charge in [-0.3, -0.25) is 19.2 Å². The van der Waals surface area contributed by atoms with Crippen LogP contribution in [0.15, 0.2) is 42.5 Å². The van der Waals surface area contributed by atoms with Crippen LogP contribution in [0.1, 0.15) is 58.6 Å². The first-order valence-corrected chi connectivity index (χ1v) is 11.5. The highest BCUT2D eigenvalue weighted by Gasteiger charge is 2.28. The minimum Gasteiger partial charge on any atom is -0.352 e. The van der Waals surface area contributed by atoms with Crippen LogP contribution in [0.5, 0.6) is 0 Å². The summed E-state index contributed by atoms with van der Waals surface area (Å²) in [4.78, 5) is 50.9. The highest BCUT2D eigenvalue weighted by Crippen LogP contribution is 2.19. The number of amides is 2. The molecule has 31 heavy (non-hydrogen) atoms. The van der Waals surface area contributed by atoms with Crippen LogP contribution in [0.2, 0.25) is 0 Å². The van der Waals surface area contributed by atoms with Crippen LogP contribution >= 0.6 is 11.3 Å². The van der Waals surface area contributed by atoms with Crippen LogP contribution in [-0.4, -0.2) is 35.5 Å². The number of benzene rings is 1. The molecule has 0 radical (unpaired) electrons. The summed E-state index contributed by atoms with van der Waals surface area (Å²) in [6.45, 7) is 1.93. The average Bonchev–Trinajstić information content (AvgIpc) is 3.47. The third kappa shape index (κ3) is 7.75. The van der Waals surface area contributed by atoms with Crippen molar-refractivity contribution in [2.45, 2.75) is 64.0 Å². The first-order valence-electron chi connectivity index (χ1n) is 10.7. The van der Waals surface area contributed by atoms with E-state index in [1.807, 2.05) is 43.3 Å². The molecule has 2 aromatic rings. The molecule has 2 amide bonds. The largest absolute Gasteiger partial charge is 0.352 e. The quantitative estimate of drug-likeness (QED) is 0.495. The first kappa shape index (κ1) is 22.9. The topological polar surface area (TPSA) is 92.3 Å². The predicted octanol–water partition coefficient (Wildman–Crippen LogP) is 3.37. The Kier molecular flexibility index (Phi) is 8.12. The van der Waals surface area contributed by atoms with E-state index >= 15 is 0 Å². The highest BCUT2D eigenvalue weighted by atomic mass is 32.1. The molecule has 1 aliphatic carbocycles. The van der Waals surface area contributed by atoms with Crippen LogP contribution in [0.4, 0.5) is 0 Å². The van der Waals surface area contributed by atoms with Crippen molar-refractivity contribution in [2.75, 3.05) is 0 Å². The van der Waals surface area contributed by atoms with Crippen LogP contribution in [-0.2, 0) is 20.8 Å². The van der Waals surface area contributed by atoms with Gasteiger partial charge in [-0.1, -0.05) is 30.3 Å². The van der Waals surface area contributed by atoms with Gasteiger partial charge in [-0.25, -0.2) is 0 Å². The Morgan fingerprint density at radius 3 is 2.32 bits per heavy atom. The summed E-state index contributed by atoms with van der Waals surface area (Å²) in [7, 11) is 0. The molecule has 2 N–H and O–H groups in total. The predicted molar refractivity (Wildman–Crippen MR) is 120 cm³/mol. The molecule has 1 heterocycles. The van der Waals surface area contributed by atoms with Gasteiger partial charge in [-0.15, -0.1) is 11.3 Å². The molecule has 1 aliphatic rings. The zero-order valence-electron chi connectivity index (χ0n) is 17.7.